The fraction of sp³-hybridized carbons (Fsp3) is 0.571. The third-order valence-corrected chi connectivity index (χ3v) is 0.577. The van der Waals surface area contributed by atoms with Gasteiger partial charge in [-0.05, 0) is 20.8 Å². The van der Waals surface area contributed by atoms with Crippen LogP contribution < -0.4 is 5.73 Å². The molecule has 54 valence electrons. The molecule has 0 unspecified atom stereocenters. The fourth-order valence-corrected chi connectivity index (χ4v) is 0. The summed E-state index contributed by atoms with van der Waals surface area (Å²) >= 11 is 0. The standard InChI is InChI=1S/C5H10.C2H5NO/c1-4-5(2)3;1-2(3)4/h4H,1-3H3;1H3,(H2,3,4). The van der Waals surface area contributed by atoms with Gasteiger partial charge in [0, 0.05) is 6.92 Å². The van der Waals surface area contributed by atoms with Crippen LogP contribution in [0.5, 0.6) is 0 Å². The Morgan fingerprint density at radius 3 is 1.44 bits per heavy atom. The van der Waals surface area contributed by atoms with E-state index in [9.17, 15) is 4.79 Å². The molecule has 0 spiro atoms. The lowest BCUT2D eigenvalue weighted by atomic mass is 10.3. The molecule has 0 saturated carbocycles. The van der Waals surface area contributed by atoms with E-state index in [-0.39, 0.29) is 5.91 Å². The Balaban J connectivity index is 0. The van der Waals surface area contributed by atoms with Crippen LogP contribution >= 0.6 is 0 Å². The number of nitrogens with two attached hydrogens (primary N) is 1. The van der Waals surface area contributed by atoms with E-state index in [1.807, 2.05) is 6.92 Å². The van der Waals surface area contributed by atoms with Crippen LogP contribution in [0, 0.1) is 0 Å². The maximum Gasteiger partial charge on any atom is 0.214 e. The van der Waals surface area contributed by atoms with Gasteiger partial charge in [-0.15, -0.1) is 0 Å². The number of hydrogen-bond acceptors (Lipinski definition) is 1. The molecular weight excluding hydrogens is 114 g/mol. The van der Waals surface area contributed by atoms with Gasteiger partial charge in [-0.3, -0.25) is 4.79 Å². The van der Waals surface area contributed by atoms with Gasteiger partial charge in [0.2, 0.25) is 5.91 Å². The van der Waals surface area contributed by atoms with Gasteiger partial charge in [-0.1, -0.05) is 11.6 Å². The minimum absolute atomic E-state index is 0.333. The van der Waals surface area contributed by atoms with Crippen molar-refractivity contribution in [2.75, 3.05) is 0 Å². The summed E-state index contributed by atoms with van der Waals surface area (Å²) in [5, 5.41) is 0. The van der Waals surface area contributed by atoms with E-state index >= 15 is 0 Å². The molecule has 2 N–H and O–H groups in total. The Labute approximate surface area is 56.7 Å². The highest BCUT2D eigenvalue weighted by Crippen LogP contribution is 1.82. The van der Waals surface area contributed by atoms with E-state index in [0.717, 1.165) is 0 Å². The van der Waals surface area contributed by atoms with Crippen molar-refractivity contribution < 1.29 is 4.79 Å². The first-order chi connectivity index (χ1) is 4.00. The van der Waals surface area contributed by atoms with Crippen molar-refractivity contribution in [3.8, 4) is 0 Å². The van der Waals surface area contributed by atoms with Crippen LogP contribution in [0.3, 0.4) is 0 Å². The fourth-order valence-electron chi connectivity index (χ4n) is 0. The lowest BCUT2D eigenvalue weighted by Crippen LogP contribution is -2.01. The molecule has 0 aliphatic carbocycles. The van der Waals surface area contributed by atoms with Crippen molar-refractivity contribution in [3.63, 3.8) is 0 Å². The zero-order valence-electron chi connectivity index (χ0n) is 6.56. The molecule has 0 radical (unpaired) electrons. The Hall–Kier alpha value is -0.790. The monoisotopic (exact) mass is 129 g/mol. The molecule has 0 aromatic heterocycles. The first kappa shape index (κ1) is 11.1. The third kappa shape index (κ3) is 134. The number of primary amides is 1. The summed E-state index contributed by atoms with van der Waals surface area (Å²) < 4.78 is 0. The molecule has 9 heavy (non-hydrogen) atoms. The summed E-state index contributed by atoms with van der Waals surface area (Å²) in [6, 6.07) is 0. The van der Waals surface area contributed by atoms with Crippen LogP contribution in [-0.4, -0.2) is 5.91 Å². The molecule has 1 amide bonds. The smallest absolute Gasteiger partial charge is 0.214 e. The van der Waals surface area contributed by atoms with Crippen molar-refractivity contribution in [2.45, 2.75) is 27.7 Å². The Bertz CT molecular complexity index is 97.5. The first-order valence-electron chi connectivity index (χ1n) is 2.86. The van der Waals surface area contributed by atoms with Gasteiger partial charge in [0.25, 0.3) is 0 Å². The van der Waals surface area contributed by atoms with Crippen molar-refractivity contribution in [1.29, 1.82) is 0 Å². The summed E-state index contributed by atoms with van der Waals surface area (Å²) in [4.78, 5) is 9.22. The minimum Gasteiger partial charge on any atom is -0.370 e. The molecule has 0 saturated heterocycles. The maximum absolute atomic E-state index is 9.22. The van der Waals surface area contributed by atoms with Gasteiger partial charge in [0.15, 0.2) is 0 Å². The minimum atomic E-state index is -0.333. The molecule has 0 heterocycles. The lowest BCUT2D eigenvalue weighted by molar-refractivity contribution is -0.115. The highest BCUT2D eigenvalue weighted by Gasteiger charge is 1.61. The summed E-state index contributed by atoms with van der Waals surface area (Å²) in [6.07, 6.45) is 2.08. The summed E-state index contributed by atoms with van der Waals surface area (Å²) in [7, 11) is 0. The predicted molar refractivity (Wildman–Crippen MR) is 40.0 cm³/mol. The molecule has 0 rings (SSSR count). The number of hydrogen-bond donors (Lipinski definition) is 1. The summed E-state index contributed by atoms with van der Waals surface area (Å²) in [6.45, 7) is 7.51. The van der Waals surface area contributed by atoms with E-state index in [0.29, 0.717) is 0 Å². The lowest BCUT2D eigenvalue weighted by Gasteiger charge is -1.74. The molecule has 0 fully saturated rings. The maximum atomic E-state index is 9.22. The van der Waals surface area contributed by atoms with Crippen LogP contribution in [0.25, 0.3) is 0 Å². The molecule has 2 heteroatoms. The van der Waals surface area contributed by atoms with Crippen LogP contribution in [0.2, 0.25) is 0 Å². The van der Waals surface area contributed by atoms with Crippen LogP contribution in [0.1, 0.15) is 27.7 Å². The van der Waals surface area contributed by atoms with E-state index in [2.05, 4.69) is 25.7 Å². The second-order valence-electron chi connectivity index (χ2n) is 1.98. The van der Waals surface area contributed by atoms with Crippen molar-refractivity contribution >= 4 is 5.91 Å². The third-order valence-electron chi connectivity index (χ3n) is 0.577. The Kier molecular flexibility index (Phi) is 8.87. The Morgan fingerprint density at radius 1 is 1.33 bits per heavy atom. The van der Waals surface area contributed by atoms with Gasteiger partial charge in [0.1, 0.15) is 0 Å². The molecule has 0 aliphatic rings. The van der Waals surface area contributed by atoms with Gasteiger partial charge in [-0.25, -0.2) is 0 Å². The molecule has 2 nitrogen and oxygen atoms in total. The quantitative estimate of drug-likeness (QED) is 0.494. The van der Waals surface area contributed by atoms with Gasteiger partial charge < -0.3 is 5.73 Å². The van der Waals surface area contributed by atoms with Crippen LogP contribution in [-0.2, 0) is 4.79 Å². The normalized spacial score (nSPS) is 6.67. The average Bonchev–Trinajstić information content (AvgIpc) is 1.65. The first-order valence-corrected chi connectivity index (χ1v) is 2.86. The molecule has 0 aliphatic heterocycles. The highest BCUT2D eigenvalue weighted by molar-refractivity contribution is 5.70. The molecule has 0 bridgehead atoms. The highest BCUT2D eigenvalue weighted by atomic mass is 16.1. The second kappa shape index (κ2) is 7.21. The van der Waals surface area contributed by atoms with Crippen LogP contribution in [0.4, 0.5) is 0 Å². The molecular formula is C7H15NO. The van der Waals surface area contributed by atoms with Crippen molar-refractivity contribution in [3.05, 3.63) is 11.6 Å². The SMILES string of the molecule is CC(N)=O.CC=C(C)C. The van der Waals surface area contributed by atoms with E-state index in [1.165, 1.54) is 12.5 Å². The zero-order valence-corrected chi connectivity index (χ0v) is 6.56. The summed E-state index contributed by atoms with van der Waals surface area (Å²) in [5.74, 6) is -0.333. The van der Waals surface area contributed by atoms with Gasteiger partial charge >= 0.3 is 0 Å². The topological polar surface area (TPSA) is 43.1 Å². The van der Waals surface area contributed by atoms with E-state index in [1.54, 1.807) is 0 Å². The summed E-state index contributed by atoms with van der Waals surface area (Å²) in [5.41, 5.74) is 5.85. The molecule has 0 aromatic rings. The average molecular weight is 129 g/mol. The number of rotatable bonds is 0. The number of carbonyl (C=O) groups is 1. The van der Waals surface area contributed by atoms with E-state index in [4.69, 9.17) is 0 Å². The predicted octanol–water partition coefficient (Wildman–Crippen LogP) is 1.46. The number of amides is 1. The molecule has 0 atom stereocenters. The second-order valence-corrected chi connectivity index (χ2v) is 1.98. The Morgan fingerprint density at radius 2 is 1.44 bits per heavy atom. The number of carbonyl (C=O) groups excluding carboxylic acids is 1. The number of allylic oxidation sites excluding steroid dienone is 2. The van der Waals surface area contributed by atoms with Gasteiger partial charge in [-0.2, -0.15) is 0 Å². The van der Waals surface area contributed by atoms with Crippen molar-refractivity contribution in [1.82, 2.24) is 0 Å². The molecule has 0 aromatic carbocycles. The largest absolute Gasteiger partial charge is 0.370 e. The van der Waals surface area contributed by atoms with Gasteiger partial charge in [0.05, 0.1) is 0 Å². The van der Waals surface area contributed by atoms with Crippen molar-refractivity contribution in [2.24, 2.45) is 5.73 Å². The zero-order chi connectivity index (χ0) is 7.86. The van der Waals surface area contributed by atoms with E-state index < -0.39 is 0 Å². The van der Waals surface area contributed by atoms with Crippen LogP contribution in [0.15, 0.2) is 11.6 Å².